The zero-order valence-electron chi connectivity index (χ0n) is 25.4. The van der Waals surface area contributed by atoms with Crippen molar-refractivity contribution in [1.82, 2.24) is 4.98 Å². The zero-order chi connectivity index (χ0) is 29.8. The maximum atomic E-state index is 6.36. The van der Waals surface area contributed by atoms with Crippen LogP contribution in [0.15, 0.2) is 121 Å². The average molecular weight is 570 g/mol. The summed E-state index contributed by atoms with van der Waals surface area (Å²) in [7, 11) is -0.392. The van der Waals surface area contributed by atoms with Gasteiger partial charge in [0.15, 0.2) is 0 Å². The molecule has 1 spiro atoms. The van der Waals surface area contributed by atoms with Gasteiger partial charge < -0.3 is 9.31 Å². The minimum Gasteiger partial charge on any atom is -0.399 e. The van der Waals surface area contributed by atoms with Gasteiger partial charge in [-0.15, -0.1) is 0 Å². The first-order valence-electron chi connectivity index (χ1n) is 15.5. The Morgan fingerprint density at radius 3 is 1.59 bits per heavy atom. The number of aromatic nitrogens is 1. The van der Waals surface area contributed by atoms with E-state index in [-0.39, 0.29) is 11.2 Å². The second-order valence-electron chi connectivity index (χ2n) is 13.3. The Morgan fingerprint density at radius 1 is 0.523 bits per heavy atom. The van der Waals surface area contributed by atoms with Crippen LogP contribution in [0.1, 0.15) is 49.9 Å². The number of hydrogen-bond acceptors (Lipinski definition) is 3. The van der Waals surface area contributed by atoms with Crippen molar-refractivity contribution < 1.29 is 9.31 Å². The largest absolute Gasteiger partial charge is 0.494 e. The molecule has 3 aliphatic rings. The first-order valence-corrected chi connectivity index (χ1v) is 15.5. The lowest BCUT2D eigenvalue weighted by molar-refractivity contribution is 0.00578. The Kier molecular flexibility index (Phi) is 5.18. The summed E-state index contributed by atoms with van der Waals surface area (Å²) in [5, 5.41) is 1.20. The lowest BCUT2D eigenvalue weighted by Crippen LogP contribution is -2.41. The number of fused-ring (bicyclic) bond motifs is 12. The van der Waals surface area contributed by atoms with E-state index in [1.165, 1.54) is 55.5 Å². The monoisotopic (exact) mass is 569 g/mol. The molecule has 1 saturated heterocycles. The molecule has 4 heteroatoms. The number of pyridine rings is 1. The molecule has 1 fully saturated rings. The highest BCUT2D eigenvalue weighted by atomic mass is 16.7. The third kappa shape index (κ3) is 3.22. The molecule has 0 bridgehead atoms. The fraction of sp³-hybridized carbons (Fsp3) is 0.175. The Bertz CT molecular complexity index is 2070. The summed E-state index contributed by atoms with van der Waals surface area (Å²) in [6.45, 7) is 8.38. The second-order valence-corrected chi connectivity index (χ2v) is 13.3. The van der Waals surface area contributed by atoms with Gasteiger partial charge in [0.1, 0.15) is 0 Å². The van der Waals surface area contributed by atoms with Crippen LogP contribution in [0.5, 0.6) is 0 Å². The van der Waals surface area contributed by atoms with Crippen LogP contribution < -0.4 is 5.46 Å². The molecule has 1 aromatic heterocycles. The molecule has 5 aromatic carbocycles. The Morgan fingerprint density at radius 2 is 1.02 bits per heavy atom. The van der Waals surface area contributed by atoms with E-state index in [9.17, 15) is 0 Å². The predicted molar refractivity (Wildman–Crippen MR) is 179 cm³/mol. The van der Waals surface area contributed by atoms with E-state index in [2.05, 4.69) is 149 Å². The van der Waals surface area contributed by atoms with Gasteiger partial charge in [-0.25, -0.2) is 0 Å². The van der Waals surface area contributed by atoms with Crippen LogP contribution in [0.3, 0.4) is 0 Å². The van der Waals surface area contributed by atoms with Gasteiger partial charge in [0.25, 0.3) is 0 Å². The summed E-state index contributed by atoms with van der Waals surface area (Å²) >= 11 is 0. The fourth-order valence-corrected chi connectivity index (χ4v) is 7.85. The molecule has 1 aliphatic heterocycles. The van der Waals surface area contributed by atoms with Crippen molar-refractivity contribution in [1.29, 1.82) is 0 Å². The molecule has 2 aliphatic carbocycles. The van der Waals surface area contributed by atoms with E-state index in [4.69, 9.17) is 14.3 Å². The molecule has 0 radical (unpaired) electrons. The maximum Gasteiger partial charge on any atom is 0.494 e. The van der Waals surface area contributed by atoms with E-state index >= 15 is 0 Å². The quantitative estimate of drug-likeness (QED) is 0.196. The lowest BCUT2D eigenvalue weighted by Gasteiger charge is -2.32. The molecule has 0 unspecified atom stereocenters. The molecule has 212 valence electrons. The highest BCUT2D eigenvalue weighted by Gasteiger charge is 2.53. The van der Waals surface area contributed by atoms with Crippen molar-refractivity contribution in [2.24, 2.45) is 0 Å². The third-order valence-corrected chi connectivity index (χ3v) is 10.6. The summed E-state index contributed by atoms with van der Waals surface area (Å²) < 4.78 is 12.7. The van der Waals surface area contributed by atoms with Gasteiger partial charge in [-0.2, -0.15) is 0 Å². The molecule has 6 aromatic rings. The molecule has 0 atom stereocenters. The van der Waals surface area contributed by atoms with Gasteiger partial charge in [-0.3, -0.25) is 4.98 Å². The molecule has 44 heavy (non-hydrogen) atoms. The fourth-order valence-electron chi connectivity index (χ4n) is 7.85. The van der Waals surface area contributed by atoms with E-state index in [1.54, 1.807) is 0 Å². The first-order chi connectivity index (χ1) is 21.3. The molecule has 0 saturated carbocycles. The van der Waals surface area contributed by atoms with Gasteiger partial charge in [0.2, 0.25) is 0 Å². The van der Waals surface area contributed by atoms with Crippen molar-refractivity contribution in [3.8, 4) is 33.4 Å². The Balaban J connectivity index is 1.31. The van der Waals surface area contributed by atoms with Crippen molar-refractivity contribution in [2.45, 2.75) is 44.3 Å². The van der Waals surface area contributed by atoms with E-state index in [0.717, 1.165) is 16.5 Å². The average Bonchev–Trinajstić information content (AvgIpc) is 3.60. The topological polar surface area (TPSA) is 31.4 Å². The molecule has 3 nitrogen and oxygen atoms in total. The van der Waals surface area contributed by atoms with Crippen LogP contribution in [0.2, 0.25) is 0 Å². The summed E-state index contributed by atoms with van der Waals surface area (Å²) in [6.07, 6.45) is 2.10. The van der Waals surface area contributed by atoms with Gasteiger partial charge in [-0.05, 0) is 89.3 Å². The molecule has 2 heterocycles. The predicted octanol–water partition coefficient (Wildman–Crippen LogP) is 8.54. The summed E-state index contributed by atoms with van der Waals surface area (Å²) in [5.41, 5.74) is 13.6. The van der Waals surface area contributed by atoms with Gasteiger partial charge in [0, 0.05) is 17.1 Å². The second kappa shape index (κ2) is 8.78. The van der Waals surface area contributed by atoms with Crippen molar-refractivity contribution in [3.63, 3.8) is 0 Å². The van der Waals surface area contributed by atoms with Crippen molar-refractivity contribution >= 4 is 23.5 Å². The highest BCUT2D eigenvalue weighted by molar-refractivity contribution is 6.62. The van der Waals surface area contributed by atoms with Gasteiger partial charge in [-0.1, -0.05) is 109 Å². The minimum absolute atomic E-state index is 0.380. The van der Waals surface area contributed by atoms with E-state index in [0.29, 0.717) is 0 Å². The molecular formula is C40H32BNO2. The van der Waals surface area contributed by atoms with E-state index < -0.39 is 12.5 Å². The Hall–Kier alpha value is -4.51. The standard InChI is InChI=1S/C40H32BNO2/c1-38(2)39(3,4)44-41(43-38)26-22-20-25(21-23-26)27-15-11-19-35-36(27)37-31(24-42-35)30-14-7-10-18-34(30)40(37)32-16-8-5-12-28(32)29-13-6-9-17-33(29)40/h5-24H,1-4H3. The van der Waals surface area contributed by atoms with E-state index in [1.807, 2.05) is 0 Å². The normalized spacial score (nSPS) is 17.9. The number of benzene rings is 5. The SMILES string of the molecule is CC1(C)OB(c2ccc(-c3cccc4ncc5c(c34)C3(c4ccccc4-c4ccccc43)c3ccccc3-5)cc2)OC1(C)C. The lowest BCUT2D eigenvalue weighted by atomic mass is 9.69. The molecule has 9 rings (SSSR count). The van der Waals surface area contributed by atoms with Crippen LogP contribution >= 0.6 is 0 Å². The summed E-state index contributed by atoms with van der Waals surface area (Å²) in [6, 6.07) is 42.1. The van der Waals surface area contributed by atoms with Crippen LogP contribution in [-0.2, 0) is 14.7 Å². The van der Waals surface area contributed by atoms with Crippen LogP contribution in [0.25, 0.3) is 44.3 Å². The highest BCUT2D eigenvalue weighted by Crippen LogP contribution is 2.64. The van der Waals surface area contributed by atoms with Crippen LogP contribution in [-0.4, -0.2) is 23.3 Å². The molecule has 0 amide bonds. The van der Waals surface area contributed by atoms with Crippen molar-refractivity contribution in [3.05, 3.63) is 144 Å². The summed E-state index contributed by atoms with van der Waals surface area (Å²) in [4.78, 5) is 5.08. The molecular weight excluding hydrogens is 537 g/mol. The Labute approximate surface area is 258 Å². The maximum absolute atomic E-state index is 6.36. The smallest absolute Gasteiger partial charge is 0.399 e. The summed E-state index contributed by atoms with van der Waals surface area (Å²) in [5.74, 6) is 0. The van der Waals surface area contributed by atoms with Crippen LogP contribution in [0.4, 0.5) is 0 Å². The molecule has 0 N–H and O–H groups in total. The van der Waals surface area contributed by atoms with Gasteiger partial charge in [0.05, 0.1) is 22.1 Å². The first kappa shape index (κ1) is 25.9. The number of nitrogens with zero attached hydrogens (tertiary/aromatic N) is 1. The number of rotatable bonds is 2. The minimum atomic E-state index is -0.432. The van der Waals surface area contributed by atoms with Gasteiger partial charge >= 0.3 is 7.12 Å². The van der Waals surface area contributed by atoms with Crippen molar-refractivity contribution in [2.75, 3.05) is 0 Å². The number of hydrogen-bond donors (Lipinski definition) is 0. The van der Waals surface area contributed by atoms with Crippen LogP contribution in [0, 0.1) is 0 Å². The third-order valence-electron chi connectivity index (χ3n) is 10.6. The zero-order valence-corrected chi connectivity index (χ0v) is 25.4.